The third-order valence-corrected chi connectivity index (χ3v) is 4.54. The number of hydrogen-bond donors (Lipinski definition) is 1. The molecule has 0 aliphatic carbocycles. The number of nitrogens with zero attached hydrogens (tertiary/aromatic N) is 2. The standard InChI is InChI=1S/C18H31N3/c1-6-16-8-7-9-21(12-16)18-17(11-19-13(2)3)14(4)10-15(5)20-18/h10,13,16,19H,6-9,11-12H2,1-5H3. The van der Waals surface area contributed by atoms with Gasteiger partial charge in [-0.1, -0.05) is 27.2 Å². The largest absolute Gasteiger partial charge is 0.356 e. The maximum atomic E-state index is 4.89. The Balaban J connectivity index is 2.27. The third-order valence-electron chi connectivity index (χ3n) is 4.54. The summed E-state index contributed by atoms with van der Waals surface area (Å²) in [5.41, 5.74) is 3.88. The van der Waals surface area contributed by atoms with E-state index in [4.69, 9.17) is 4.98 Å². The van der Waals surface area contributed by atoms with Crippen molar-refractivity contribution in [2.75, 3.05) is 18.0 Å². The molecule has 2 heterocycles. The lowest BCUT2D eigenvalue weighted by Gasteiger charge is -2.35. The van der Waals surface area contributed by atoms with Crippen molar-refractivity contribution in [3.8, 4) is 0 Å². The Bertz CT molecular complexity index is 468. The molecule has 0 amide bonds. The van der Waals surface area contributed by atoms with E-state index in [1.165, 1.54) is 42.8 Å². The molecule has 1 aliphatic rings. The van der Waals surface area contributed by atoms with Gasteiger partial charge in [0, 0.05) is 36.9 Å². The van der Waals surface area contributed by atoms with Crippen LogP contribution in [0.4, 0.5) is 5.82 Å². The first-order valence-electron chi connectivity index (χ1n) is 8.46. The van der Waals surface area contributed by atoms with Gasteiger partial charge in [-0.25, -0.2) is 4.98 Å². The summed E-state index contributed by atoms with van der Waals surface area (Å²) >= 11 is 0. The molecular weight excluding hydrogens is 258 g/mol. The summed E-state index contributed by atoms with van der Waals surface area (Å²) in [6.45, 7) is 14.3. The highest BCUT2D eigenvalue weighted by Crippen LogP contribution is 2.28. The van der Waals surface area contributed by atoms with Crippen molar-refractivity contribution in [2.24, 2.45) is 5.92 Å². The lowest BCUT2D eigenvalue weighted by atomic mass is 9.95. The molecule has 1 saturated heterocycles. The average Bonchev–Trinajstić information content (AvgIpc) is 2.45. The van der Waals surface area contributed by atoms with E-state index in [9.17, 15) is 0 Å². The molecule has 1 aromatic heterocycles. The van der Waals surface area contributed by atoms with Gasteiger partial charge in [0.2, 0.25) is 0 Å². The zero-order valence-electron chi connectivity index (χ0n) is 14.4. The van der Waals surface area contributed by atoms with Crippen molar-refractivity contribution < 1.29 is 0 Å². The lowest BCUT2D eigenvalue weighted by Crippen LogP contribution is -2.37. The Morgan fingerprint density at radius 1 is 1.38 bits per heavy atom. The summed E-state index contributed by atoms with van der Waals surface area (Å²) in [4.78, 5) is 7.41. The smallest absolute Gasteiger partial charge is 0.133 e. The molecule has 1 atom stereocenters. The Labute approximate surface area is 130 Å². The van der Waals surface area contributed by atoms with Crippen LogP contribution in [0.2, 0.25) is 0 Å². The molecule has 0 bridgehead atoms. The Morgan fingerprint density at radius 3 is 2.81 bits per heavy atom. The van der Waals surface area contributed by atoms with Gasteiger partial charge in [-0.15, -0.1) is 0 Å². The number of hydrogen-bond acceptors (Lipinski definition) is 3. The molecule has 1 unspecified atom stereocenters. The summed E-state index contributed by atoms with van der Waals surface area (Å²) < 4.78 is 0. The second kappa shape index (κ2) is 7.26. The molecular formula is C18H31N3. The molecule has 0 radical (unpaired) electrons. The molecule has 21 heavy (non-hydrogen) atoms. The van der Waals surface area contributed by atoms with Gasteiger partial charge < -0.3 is 10.2 Å². The van der Waals surface area contributed by atoms with Crippen LogP contribution in [0.3, 0.4) is 0 Å². The molecule has 3 nitrogen and oxygen atoms in total. The van der Waals surface area contributed by atoms with Gasteiger partial charge in [0.1, 0.15) is 5.82 Å². The van der Waals surface area contributed by atoms with E-state index in [1.807, 2.05) is 0 Å². The zero-order chi connectivity index (χ0) is 15.4. The lowest BCUT2D eigenvalue weighted by molar-refractivity contribution is 0.402. The van der Waals surface area contributed by atoms with Gasteiger partial charge in [0.15, 0.2) is 0 Å². The monoisotopic (exact) mass is 289 g/mol. The summed E-state index contributed by atoms with van der Waals surface area (Å²) in [5.74, 6) is 2.05. The summed E-state index contributed by atoms with van der Waals surface area (Å²) in [7, 11) is 0. The van der Waals surface area contributed by atoms with Gasteiger partial charge in [-0.3, -0.25) is 0 Å². The number of aromatic nitrogens is 1. The first kappa shape index (κ1) is 16.3. The van der Waals surface area contributed by atoms with Crippen molar-refractivity contribution in [1.82, 2.24) is 10.3 Å². The number of piperidine rings is 1. The normalized spacial score (nSPS) is 19.3. The fourth-order valence-corrected chi connectivity index (χ4v) is 3.22. The molecule has 2 rings (SSSR count). The van der Waals surface area contributed by atoms with E-state index in [0.717, 1.165) is 24.7 Å². The number of rotatable bonds is 5. The molecule has 3 heteroatoms. The topological polar surface area (TPSA) is 28.2 Å². The van der Waals surface area contributed by atoms with Gasteiger partial charge in [0.05, 0.1) is 0 Å². The minimum atomic E-state index is 0.503. The van der Waals surface area contributed by atoms with Crippen LogP contribution < -0.4 is 10.2 Å². The highest BCUT2D eigenvalue weighted by Gasteiger charge is 2.22. The minimum Gasteiger partial charge on any atom is -0.356 e. The first-order chi connectivity index (χ1) is 10.0. The van der Waals surface area contributed by atoms with Crippen molar-refractivity contribution >= 4 is 5.82 Å². The Hall–Kier alpha value is -1.09. The molecule has 1 aliphatic heterocycles. The van der Waals surface area contributed by atoms with E-state index < -0.39 is 0 Å². The van der Waals surface area contributed by atoms with Gasteiger partial charge in [-0.2, -0.15) is 0 Å². The predicted molar refractivity (Wildman–Crippen MR) is 90.9 cm³/mol. The second-order valence-electron chi connectivity index (χ2n) is 6.78. The quantitative estimate of drug-likeness (QED) is 0.893. The van der Waals surface area contributed by atoms with Crippen LogP contribution in [0.5, 0.6) is 0 Å². The number of anilines is 1. The molecule has 118 valence electrons. The fraction of sp³-hybridized carbons (Fsp3) is 0.722. The van der Waals surface area contributed by atoms with Crippen LogP contribution >= 0.6 is 0 Å². The zero-order valence-corrected chi connectivity index (χ0v) is 14.4. The van der Waals surface area contributed by atoms with Crippen LogP contribution in [0.25, 0.3) is 0 Å². The number of aryl methyl sites for hydroxylation is 2. The third kappa shape index (κ3) is 4.19. The second-order valence-corrected chi connectivity index (χ2v) is 6.78. The van der Waals surface area contributed by atoms with E-state index >= 15 is 0 Å². The minimum absolute atomic E-state index is 0.503. The molecule has 0 aromatic carbocycles. The highest BCUT2D eigenvalue weighted by molar-refractivity contribution is 5.52. The highest BCUT2D eigenvalue weighted by atomic mass is 15.2. The van der Waals surface area contributed by atoms with Crippen LogP contribution in [0, 0.1) is 19.8 Å². The molecule has 0 spiro atoms. The molecule has 1 fully saturated rings. The van der Waals surface area contributed by atoms with Gasteiger partial charge >= 0.3 is 0 Å². The molecule has 1 aromatic rings. The van der Waals surface area contributed by atoms with Crippen LogP contribution in [0.1, 0.15) is 56.9 Å². The summed E-state index contributed by atoms with van der Waals surface area (Å²) in [5, 5.41) is 3.56. The van der Waals surface area contributed by atoms with Crippen molar-refractivity contribution in [2.45, 2.75) is 66.5 Å². The van der Waals surface area contributed by atoms with E-state index in [2.05, 4.69) is 50.9 Å². The molecule has 1 N–H and O–H groups in total. The maximum absolute atomic E-state index is 4.89. The van der Waals surface area contributed by atoms with E-state index in [1.54, 1.807) is 0 Å². The summed E-state index contributed by atoms with van der Waals surface area (Å²) in [6.07, 6.45) is 3.95. The van der Waals surface area contributed by atoms with Crippen molar-refractivity contribution in [3.63, 3.8) is 0 Å². The summed E-state index contributed by atoms with van der Waals surface area (Å²) in [6, 6.07) is 2.71. The van der Waals surface area contributed by atoms with Crippen molar-refractivity contribution in [3.05, 3.63) is 22.9 Å². The van der Waals surface area contributed by atoms with Crippen LogP contribution in [-0.2, 0) is 6.54 Å². The fourth-order valence-electron chi connectivity index (χ4n) is 3.22. The Morgan fingerprint density at radius 2 is 2.14 bits per heavy atom. The number of nitrogens with one attached hydrogen (secondary N) is 1. The average molecular weight is 289 g/mol. The van der Waals surface area contributed by atoms with Crippen LogP contribution in [-0.4, -0.2) is 24.1 Å². The number of pyridine rings is 1. The van der Waals surface area contributed by atoms with Gasteiger partial charge in [0.25, 0.3) is 0 Å². The van der Waals surface area contributed by atoms with Gasteiger partial charge in [-0.05, 0) is 44.2 Å². The maximum Gasteiger partial charge on any atom is 0.133 e. The van der Waals surface area contributed by atoms with E-state index in [0.29, 0.717) is 6.04 Å². The SMILES string of the molecule is CCC1CCCN(c2nc(C)cc(C)c2CNC(C)C)C1. The van der Waals surface area contributed by atoms with E-state index in [-0.39, 0.29) is 0 Å². The first-order valence-corrected chi connectivity index (χ1v) is 8.46. The molecule has 0 saturated carbocycles. The predicted octanol–water partition coefficient (Wildman–Crippen LogP) is 3.82. The van der Waals surface area contributed by atoms with Crippen molar-refractivity contribution in [1.29, 1.82) is 0 Å². The Kier molecular flexibility index (Phi) is 5.63. The van der Waals surface area contributed by atoms with Crippen LogP contribution in [0.15, 0.2) is 6.07 Å².